The molecule has 0 aromatic carbocycles. The van der Waals surface area contributed by atoms with Crippen molar-refractivity contribution in [1.29, 1.82) is 0 Å². The van der Waals surface area contributed by atoms with Crippen molar-refractivity contribution in [2.45, 2.75) is 6.42 Å². The average Bonchev–Trinajstić information content (AvgIpc) is 2.41. The van der Waals surface area contributed by atoms with E-state index in [0.717, 1.165) is 0 Å². The molecule has 0 fully saturated rings. The third kappa shape index (κ3) is 2.45. The number of ether oxygens (including phenoxy) is 1. The van der Waals surface area contributed by atoms with Gasteiger partial charge in [0.05, 0.1) is 7.11 Å². The molecule has 0 aromatic heterocycles. The van der Waals surface area contributed by atoms with Crippen molar-refractivity contribution < 1.29 is 9.53 Å². The topological polar surface area (TPSA) is 41.9 Å². The lowest BCUT2D eigenvalue weighted by molar-refractivity contribution is -0.124. The molecule has 0 spiro atoms. The summed E-state index contributed by atoms with van der Waals surface area (Å²) in [6, 6.07) is 0. The van der Waals surface area contributed by atoms with Crippen LogP contribution < -0.4 is 0 Å². The molecule has 0 saturated carbocycles. The molecule has 14 heavy (non-hydrogen) atoms. The van der Waals surface area contributed by atoms with E-state index in [9.17, 15) is 4.79 Å². The van der Waals surface area contributed by atoms with Gasteiger partial charge in [-0.1, -0.05) is 6.08 Å². The molecule has 0 radical (unpaired) electrons. The Balaban J connectivity index is 2.77. The third-order valence-corrected chi connectivity index (χ3v) is 1.86. The van der Waals surface area contributed by atoms with E-state index in [1.54, 1.807) is 33.5 Å². The maximum atomic E-state index is 11.6. The van der Waals surface area contributed by atoms with Crippen molar-refractivity contribution in [3.63, 3.8) is 0 Å². The molecular formula is C10H14N2O2. The molecule has 4 nitrogen and oxygen atoms in total. The minimum atomic E-state index is -0.0196. The standard InChI is InChI=1S/C10H14N2O2/c1-12(2)10(13)8-4-5-9(14-3)11-7-6-8/h4,6-7H,5H2,1-3H3. The molecule has 1 aliphatic heterocycles. The summed E-state index contributed by atoms with van der Waals surface area (Å²) in [5, 5.41) is 0. The Hall–Kier alpha value is -1.58. The van der Waals surface area contributed by atoms with Gasteiger partial charge in [-0.05, 0) is 6.08 Å². The minimum Gasteiger partial charge on any atom is -0.484 e. The van der Waals surface area contributed by atoms with Crippen LogP contribution in [0, 0.1) is 0 Å². The van der Waals surface area contributed by atoms with E-state index in [0.29, 0.717) is 17.9 Å². The van der Waals surface area contributed by atoms with E-state index in [4.69, 9.17) is 4.74 Å². The van der Waals surface area contributed by atoms with Crippen LogP contribution in [0.25, 0.3) is 0 Å². The summed E-state index contributed by atoms with van der Waals surface area (Å²) in [7, 11) is 5.01. The quantitative estimate of drug-likeness (QED) is 0.624. The van der Waals surface area contributed by atoms with Gasteiger partial charge in [0.15, 0.2) is 5.90 Å². The van der Waals surface area contributed by atoms with Gasteiger partial charge in [-0.3, -0.25) is 4.79 Å². The summed E-state index contributed by atoms with van der Waals surface area (Å²) in [6.07, 6.45) is 5.64. The van der Waals surface area contributed by atoms with Crippen molar-refractivity contribution in [2.75, 3.05) is 21.2 Å². The van der Waals surface area contributed by atoms with Crippen LogP contribution in [0.3, 0.4) is 0 Å². The van der Waals surface area contributed by atoms with Gasteiger partial charge in [0.2, 0.25) is 0 Å². The molecule has 0 aliphatic carbocycles. The Morgan fingerprint density at radius 1 is 1.57 bits per heavy atom. The van der Waals surface area contributed by atoms with Crippen LogP contribution >= 0.6 is 0 Å². The summed E-state index contributed by atoms with van der Waals surface area (Å²) in [5.74, 6) is 0.594. The van der Waals surface area contributed by atoms with Crippen molar-refractivity contribution in [1.82, 2.24) is 4.90 Å². The second-order valence-corrected chi connectivity index (χ2v) is 3.11. The van der Waals surface area contributed by atoms with Gasteiger partial charge in [-0.2, -0.15) is 0 Å². The Kier molecular flexibility index (Phi) is 3.45. The zero-order chi connectivity index (χ0) is 10.6. The van der Waals surface area contributed by atoms with Crippen LogP contribution in [-0.2, 0) is 9.53 Å². The highest BCUT2D eigenvalue weighted by Gasteiger charge is 2.10. The van der Waals surface area contributed by atoms with Crippen LogP contribution in [0.1, 0.15) is 6.42 Å². The molecule has 0 unspecified atom stereocenters. The second-order valence-electron chi connectivity index (χ2n) is 3.11. The van der Waals surface area contributed by atoms with Crippen LogP contribution in [0.4, 0.5) is 0 Å². The van der Waals surface area contributed by atoms with Gasteiger partial charge >= 0.3 is 0 Å². The minimum absolute atomic E-state index is 0.0196. The fourth-order valence-corrected chi connectivity index (χ4v) is 1.07. The van der Waals surface area contributed by atoms with Crippen molar-refractivity contribution in [3.8, 4) is 0 Å². The maximum absolute atomic E-state index is 11.6. The zero-order valence-corrected chi connectivity index (χ0v) is 8.65. The Labute approximate surface area is 83.6 Å². The average molecular weight is 194 g/mol. The highest BCUT2D eigenvalue weighted by atomic mass is 16.5. The molecule has 0 N–H and O–H groups in total. The molecule has 1 amide bonds. The predicted molar refractivity (Wildman–Crippen MR) is 55.0 cm³/mol. The Morgan fingerprint density at radius 2 is 2.29 bits per heavy atom. The first kappa shape index (κ1) is 10.5. The lowest BCUT2D eigenvalue weighted by Crippen LogP contribution is -2.22. The lowest BCUT2D eigenvalue weighted by Gasteiger charge is -2.09. The van der Waals surface area contributed by atoms with Gasteiger partial charge < -0.3 is 9.64 Å². The zero-order valence-electron chi connectivity index (χ0n) is 8.65. The number of carbonyl (C=O) groups is 1. The number of hydrogen-bond acceptors (Lipinski definition) is 3. The summed E-state index contributed by atoms with van der Waals surface area (Å²) in [4.78, 5) is 17.1. The molecule has 1 heterocycles. The fourth-order valence-electron chi connectivity index (χ4n) is 1.07. The molecule has 4 heteroatoms. The number of likely N-dealkylation sites (N-methyl/N-ethyl adjacent to an activating group) is 1. The van der Waals surface area contributed by atoms with Crippen LogP contribution in [0.5, 0.6) is 0 Å². The van der Waals surface area contributed by atoms with E-state index in [-0.39, 0.29) is 5.91 Å². The number of methoxy groups -OCH3 is 1. The smallest absolute Gasteiger partial charge is 0.253 e. The first-order valence-electron chi connectivity index (χ1n) is 4.34. The van der Waals surface area contributed by atoms with Crippen LogP contribution in [0.2, 0.25) is 0 Å². The number of rotatable bonds is 1. The normalized spacial score (nSPS) is 15.4. The highest BCUT2D eigenvalue weighted by Crippen LogP contribution is 2.08. The van der Waals surface area contributed by atoms with E-state index < -0.39 is 0 Å². The summed E-state index contributed by atoms with van der Waals surface area (Å²) >= 11 is 0. The predicted octanol–water partition coefficient (Wildman–Crippen LogP) is 0.963. The molecule has 76 valence electrons. The molecule has 0 bridgehead atoms. The van der Waals surface area contributed by atoms with Crippen LogP contribution in [0.15, 0.2) is 28.9 Å². The molecular weight excluding hydrogens is 180 g/mol. The molecule has 1 aliphatic rings. The number of carbonyl (C=O) groups excluding carboxylic acids is 1. The second kappa shape index (κ2) is 4.60. The number of nitrogens with zero attached hydrogens (tertiary/aromatic N) is 2. The van der Waals surface area contributed by atoms with E-state index in [1.165, 1.54) is 4.90 Å². The Bertz CT molecular complexity index is 314. The first-order valence-corrected chi connectivity index (χ1v) is 4.34. The van der Waals surface area contributed by atoms with Gasteiger partial charge in [-0.25, -0.2) is 4.99 Å². The SMILES string of the molecule is COC1=NC=CC(C(=O)N(C)C)=CC1. The van der Waals surface area contributed by atoms with Gasteiger partial charge in [0.1, 0.15) is 0 Å². The van der Waals surface area contributed by atoms with E-state index in [1.807, 2.05) is 6.08 Å². The molecule has 0 saturated heterocycles. The van der Waals surface area contributed by atoms with Crippen molar-refractivity contribution in [3.05, 3.63) is 23.9 Å². The van der Waals surface area contributed by atoms with E-state index in [2.05, 4.69) is 4.99 Å². The lowest BCUT2D eigenvalue weighted by atomic mass is 10.2. The largest absolute Gasteiger partial charge is 0.484 e. The van der Waals surface area contributed by atoms with Crippen molar-refractivity contribution in [2.24, 2.45) is 4.99 Å². The molecule has 0 atom stereocenters. The first-order chi connectivity index (χ1) is 6.65. The molecule has 0 aromatic rings. The number of aliphatic imine (C=N–C) groups is 1. The maximum Gasteiger partial charge on any atom is 0.253 e. The monoisotopic (exact) mass is 194 g/mol. The van der Waals surface area contributed by atoms with Gasteiger partial charge in [0, 0.05) is 32.3 Å². The van der Waals surface area contributed by atoms with Crippen LogP contribution in [-0.4, -0.2) is 37.9 Å². The van der Waals surface area contributed by atoms with Gasteiger partial charge in [0.25, 0.3) is 5.91 Å². The summed E-state index contributed by atoms with van der Waals surface area (Å²) in [5.41, 5.74) is 0.644. The fraction of sp³-hybridized carbons (Fsp3) is 0.400. The van der Waals surface area contributed by atoms with Gasteiger partial charge in [-0.15, -0.1) is 0 Å². The number of amides is 1. The molecule has 1 rings (SSSR count). The third-order valence-electron chi connectivity index (χ3n) is 1.86. The summed E-state index contributed by atoms with van der Waals surface area (Å²) < 4.78 is 4.99. The van der Waals surface area contributed by atoms with E-state index >= 15 is 0 Å². The highest BCUT2D eigenvalue weighted by molar-refractivity contribution is 5.97. The Morgan fingerprint density at radius 3 is 2.86 bits per heavy atom. The summed E-state index contributed by atoms with van der Waals surface area (Å²) in [6.45, 7) is 0. The van der Waals surface area contributed by atoms with Crippen molar-refractivity contribution >= 4 is 11.8 Å². The number of hydrogen-bond donors (Lipinski definition) is 0.